The predicted molar refractivity (Wildman–Crippen MR) is 83.6 cm³/mol. The summed E-state index contributed by atoms with van der Waals surface area (Å²) >= 11 is 0. The topological polar surface area (TPSA) is 73.6 Å². The molecule has 0 aliphatic carbocycles. The van der Waals surface area contributed by atoms with Crippen molar-refractivity contribution in [1.82, 2.24) is 10.5 Å². The Hall–Kier alpha value is -2.50. The first-order valence-electron chi connectivity index (χ1n) is 7.70. The van der Waals surface area contributed by atoms with E-state index < -0.39 is 0 Å². The zero-order chi connectivity index (χ0) is 16.2. The monoisotopic (exact) mass is 316 g/mol. The van der Waals surface area contributed by atoms with Crippen LogP contribution in [0.1, 0.15) is 29.0 Å². The highest BCUT2D eigenvalue weighted by Gasteiger charge is 2.13. The second-order valence-corrected chi connectivity index (χ2v) is 5.56. The largest absolute Gasteiger partial charge is 0.486 e. The molecule has 1 N–H and O–H groups in total. The van der Waals surface area contributed by atoms with Crippen molar-refractivity contribution >= 4 is 5.91 Å². The summed E-state index contributed by atoms with van der Waals surface area (Å²) in [5.41, 5.74) is 2.85. The number of fused-ring (bicyclic) bond motifs is 1. The summed E-state index contributed by atoms with van der Waals surface area (Å²) in [5, 5.41) is 6.82. The molecule has 0 unspecified atom stereocenters. The van der Waals surface area contributed by atoms with E-state index in [0.717, 1.165) is 34.1 Å². The lowest BCUT2D eigenvalue weighted by molar-refractivity contribution is -0.121. The molecule has 6 nitrogen and oxygen atoms in total. The molecule has 122 valence electrons. The third kappa shape index (κ3) is 3.64. The summed E-state index contributed by atoms with van der Waals surface area (Å²) in [5.74, 6) is 2.27. The van der Waals surface area contributed by atoms with Crippen LogP contribution in [-0.2, 0) is 17.8 Å². The Morgan fingerprint density at radius 3 is 2.74 bits per heavy atom. The van der Waals surface area contributed by atoms with Crippen LogP contribution in [0.2, 0.25) is 0 Å². The first kappa shape index (κ1) is 15.4. The van der Waals surface area contributed by atoms with Gasteiger partial charge in [0.2, 0.25) is 5.91 Å². The van der Waals surface area contributed by atoms with Gasteiger partial charge in [-0.15, -0.1) is 0 Å². The third-order valence-corrected chi connectivity index (χ3v) is 3.88. The second kappa shape index (κ2) is 6.73. The minimum Gasteiger partial charge on any atom is -0.486 e. The fourth-order valence-corrected chi connectivity index (χ4v) is 2.58. The maximum atomic E-state index is 12.0. The van der Waals surface area contributed by atoms with Crippen molar-refractivity contribution in [1.29, 1.82) is 0 Å². The van der Waals surface area contributed by atoms with Crippen LogP contribution in [0.15, 0.2) is 22.7 Å². The van der Waals surface area contributed by atoms with Crippen LogP contribution in [0.3, 0.4) is 0 Å². The van der Waals surface area contributed by atoms with Gasteiger partial charge in [-0.05, 0) is 38.0 Å². The Morgan fingerprint density at radius 2 is 2.00 bits per heavy atom. The van der Waals surface area contributed by atoms with Gasteiger partial charge in [0.05, 0.1) is 5.69 Å². The first-order chi connectivity index (χ1) is 11.1. The normalized spacial score (nSPS) is 13.0. The van der Waals surface area contributed by atoms with Crippen LogP contribution in [0, 0.1) is 13.8 Å². The molecule has 1 aliphatic rings. The molecule has 0 saturated carbocycles. The minimum absolute atomic E-state index is 0.000103. The molecule has 6 heteroatoms. The lowest BCUT2D eigenvalue weighted by Crippen LogP contribution is -2.23. The number of carbonyl (C=O) groups is 1. The van der Waals surface area contributed by atoms with Crippen molar-refractivity contribution < 1.29 is 18.8 Å². The summed E-state index contributed by atoms with van der Waals surface area (Å²) in [4.78, 5) is 12.0. The number of rotatable bonds is 5. The standard InChI is InChI=1S/C17H20N2O4/c1-11-14(12(2)23-19-11)4-6-17(20)18-10-13-3-5-15-16(9-13)22-8-7-21-15/h3,5,9H,4,6-8,10H2,1-2H3,(H,18,20). The highest BCUT2D eigenvalue weighted by molar-refractivity contribution is 5.76. The van der Waals surface area contributed by atoms with Crippen LogP contribution in [0.25, 0.3) is 0 Å². The van der Waals surface area contributed by atoms with E-state index in [1.807, 2.05) is 32.0 Å². The summed E-state index contributed by atoms with van der Waals surface area (Å²) in [7, 11) is 0. The van der Waals surface area contributed by atoms with Gasteiger partial charge in [-0.25, -0.2) is 0 Å². The lowest BCUT2D eigenvalue weighted by Gasteiger charge is -2.19. The molecule has 3 rings (SSSR count). The van der Waals surface area contributed by atoms with E-state index in [9.17, 15) is 4.79 Å². The molecule has 2 heterocycles. The molecule has 1 aliphatic heterocycles. The fourth-order valence-electron chi connectivity index (χ4n) is 2.58. The van der Waals surface area contributed by atoms with Crippen LogP contribution < -0.4 is 14.8 Å². The van der Waals surface area contributed by atoms with Crippen LogP contribution in [-0.4, -0.2) is 24.3 Å². The number of aryl methyl sites for hydroxylation is 2. The van der Waals surface area contributed by atoms with Gasteiger partial charge in [-0.3, -0.25) is 4.79 Å². The van der Waals surface area contributed by atoms with Crippen molar-refractivity contribution in [2.24, 2.45) is 0 Å². The van der Waals surface area contributed by atoms with Gasteiger partial charge in [-0.1, -0.05) is 11.2 Å². The number of nitrogens with zero attached hydrogens (tertiary/aromatic N) is 1. The average molecular weight is 316 g/mol. The second-order valence-electron chi connectivity index (χ2n) is 5.56. The van der Waals surface area contributed by atoms with Gasteiger partial charge in [-0.2, -0.15) is 0 Å². The molecule has 1 aromatic carbocycles. The van der Waals surface area contributed by atoms with E-state index in [1.54, 1.807) is 0 Å². The number of hydrogen-bond donors (Lipinski definition) is 1. The van der Waals surface area contributed by atoms with E-state index in [-0.39, 0.29) is 5.91 Å². The van der Waals surface area contributed by atoms with Gasteiger partial charge in [0.1, 0.15) is 19.0 Å². The van der Waals surface area contributed by atoms with Gasteiger partial charge in [0.15, 0.2) is 11.5 Å². The number of amides is 1. The van der Waals surface area contributed by atoms with E-state index in [0.29, 0.717) is 32.6 Å². The number of benzene rings is 1. The summed E-state index contributed by atoms with van der Waals surface area (Å²) in [6, 6.07) is 5.71. The molecule has 0 radical (unpaired) electrons. The Bertz CT molecular complexity index is 689. The lowest BCUT2D eigenvalue weighted by atomic mass is 10.1. The van der Waals surface area contributed by atoms with Crippen LogP contribution >= 0.6 is 0 Å². The molecule has 1 amide bonds. The Morgan fingerprint density at radius 1 is 1.22 bits per heavy atom. The molecular formula is C17H20N2O4. The fraction of sp³-hybridized carbons (Fsp3) is 0.412. The SMILES string of the molecule is Cc1noc(C)c1CCC(=O)NCc1ccc2c(c1)OCCO2. The van der Waals surface area contributed by atoms with Crippen LogP contribution in [0.5, 0.6) is 11.5 Å². The van der Waals surface area contributed by atoms with Crippen molar-refractivity contribution in [3.8, 4) is 11.5 Å². The zero-order valence-electron chi connectivity index (χ0n) is 13.3. The molecule has 0 saturated heterocycles. The van der Waals surface area contributed by atoms with Gasteiger partial charge < -0.3 is 19.3 Å². The van der Waals surface area contributed by atoms with Gasteiger partial charge >= 0.3 is 0 Å². The van der Waals surface area contributed by atoms with E-state index in [1.165, 1.54) is 0 Å². The van der Waals surface area contributed by atoms with Crippen molar-refractivity contribution in [2.75, 3.05) is 13.2 Å². The molecule has 23 heavy (non-hydrogen) atoms. The average Bonchev–Trinajstić information content (AvgIpc) is 2.89. The number of carbonyl (C=O) groups excluding carboxylic acids is 1. The summed E-state index contributed by atoms with van der Waals surface area (Å²) < 4.78 is 16.1. The molecule has 0 fully saturated rings. The minimum atomic E-state index is -0.000103. The maximum Gasteiger partial charge on any atom is 0.220 e. The third-order valence-electron chi connectivity index (χ3n) is 3.88. The van der Waals surface area contributed by atoms with Crippen molar-refractivity contribution in [2.45, 2.75) is 33.2 Å². The Kier molecular flexibility index (Phi) is 4.50. The molecule has 1 aromatic heterocycles. The molecule has 0 atom stereocenters. The Labute approximate surface area is 134 Å². The molecule has 0 spiro atoms. The number of nitrogens with one attached hydrogen (secondary N) is 1. The maximum absolute atomic E-state index is 12.0. The van der Waals surface area contributed by atoms with E-state index in [4.69, 9.17) is 14.0 Å². The highest BCUT2D eigenvalue weighted by Crippen LogP contribution is 2.30. The van der Waals surface area contributed by atoms with E-state index >= 15 is 0 Å². The van der Waals surface area contributed by atoms with Gasteiger partial charge in [0.25, 0.3) is 0 Å². The first-order valence-corrected chi connectivity index (χ1v) is 7.70. The highest BCUT2D eigenvalue weighted by atomic mass is 16.6. The number of ether oxygens (including phenoxy) is 2. The van der Waals surface area contributed by atoms with Crippen molar-refractivity contribution in [3.63, 3.8) is 0 Å². The smallest absolute Gasteiger partial charge is 0.220 e. The van der Waals surface area contributed by atoms with Gasteiger partial charge in [0, 0.05) is 18.5 Å². The number of hydrogen-bond acceptors (Lipinski definition) is 5. The quantitative estimate of drug-likeness (QED) is 0.916. The summed E-state index contributed by atoms with van der Waals surface area (Å²) in [6.07, 6.45) is 1.04. The summed E-state index contributed by atoms with van der Waals surface area (Å²) in [6.45, 7) is 5.35. The molecule has 0 bridgehead atoms. The predicted octanol–water partition coefficient (Wildman–Crippen LogP) is 2.31. The zero-order valence-corrected chi connectivity index (χ0v) is 13.3. The van der Waals surface area contributed by atoms with Crippen molar-refractivity contribution in [3.05, 3.63) is 40.8 Å². The number of aromatic nitrogens is 1. The molecular weight excluding hydrogens is 296 g/mol. The van der Waals surface area contributed by atoms with E-state index in [2.05, 4.69) is 10.5 Å². The van der Waals surface area contributed by atoms with Crippen LogP contribution in [0.4, 0.5) is 0 Å². The Balaban J connectivity index is 1.51. The molecule has 2 aromatic rings.